The third kappa shape index (κ3) is 4.47. The highest BCUT2D eigenvalue weighted by Gasteiger charge is 2.51. The topological polar surface area (TPSA) is 66.4 Å². The van der Waals surface area contributed by atoms with E-state index in [4.69, 9.17) is 5.11 Å². The molecule has 0 radical (unpaired) electrons. The van der Waals surface area contributed by atoms with Crippen molar-refractivity contribution in [2.75, 3.05) is 11.1 Å². The van der Waals surface area contributed by atoms with Crippen molar-refractivity contribution in [1.29, 1.82) is 0 Å². The van der Waals surface area contributed by atoms with Gasteiger partial charge in [0.25, 0.3) is 0 Å². The summed E-state index contributed by atoms with van der Waals surface area (Å²) in [6.07, 6.45) is 1.93. The highest BCUT2D eigenvalue weighted by atomic mass is 32.2. The molecule has 3 rings (SSSR count). The summed E-state index contributed by atoms with van der Waals surface area (Å²) in [4.78, 5) is 23.4. The van der Waals surface area contributed by atoms with Gasteiger partial charge in [-0.25, -0.2) is 0 Å². The fourth-order valence-corrected chi connectivity index (χ4v) is 3.93. The Balaban J connectivity index is 1.63. The normalized spacial score (nSPS) is 14.7. The number of carboxylic acids is 1. The van der Waals surface area contributed by atoms with Crippen molar-refractivity contribution in [1.82, 2.24) is 0 Å². The van der Waals surface area contributed by atoms with Gasteiger partial charge in [0.05, 0.1) is 11.8 Å². The Kier molecular flexibility index (Phi) is 5.67. The molecular formula is C21H23NO3S. The maximum atomic E-state index is 12.9. The molecule has 0 atom stereocenters. The summed E-state index contributed by atoms with van der Waals surface area (Å²) in [5.41, 5.74) is 3.75. The number of nitrogens with one attached hydrogen (secondary N) is 1. The van der Waals surface area contributed by atoms with Crippen LogP contribution in [0.5, 0.6) is 0 Å². The molecule has 0 aliphatic heterocycles. The van der Waals surface area contributed by atoms with E-state index in [1.165, 1.54) is 5.56 Å². The minimum Gasteiger partial charge on any atom is -0.481 e. The van der Waals surface area contributed by atoms with E-state index in [0.29, 0.717) is 5.75 Å². The smallest absolute Gasteiger partial charge is 0.304 e. The second-order valence-electron chi connectivity index (χ2n) is 6.80. The Morgan fingerprint density at radius 1 is 1.15 bits per heavy atom. The van der Waals surface area contributed by atoms with Crippen molar-refractivity contribution in [3.63, 3.8) is 0 Å². The van der Waals surface area contributed by atoms with Crippen LogP contribution in [0.1, 0.15) is 36.0 Å². The van der Waals surface area contributed by atoms with Gasteiger partial charge in [-0.1, -0.05) is 42.0 Å². The first-order valence-corrected chi connectivity index (χ1v) is 9.92. The summed E-state index contributed by atoms with van der Waals surface area (Å²) in [7, 11) is 0. The van der Waals surface area contributed by atoms with Crippen LogP contribution in [0, 0.1) is 6.92 Å². The summed E-state index contributed by atoms with van der Waals surface area (Å²) in [5, 5.41) is 11.8. The molecule has 1 aliphatic rings. The Hall–Kier alpha value is -2.27. The van der Waals surface area contributed by atoms with Crippen LogP contribution in [0.4, 0.5) is 5.69 Å². The van der Waals surface area contributed by atoms with Crippen molar-refractivity contribution in [2.45, 2.75) is 37.4 Å². The summed E-state index contributed by atoms with van der Waals surface area (Å²) in [6.45, 7) is 2.04. The van der Waals surface area contributed by atoms with Gasteiger partial charge < -0.3 is 10.4 Å². The summed E-state index contributed by atoms with van der Waals surface area (Å²) in [5.74, 6) is 0.603. The number of rotatable bonds is 8. The van der Waals surface area contributed by atoms with Crippen LogP contribution < -0.4 is 5.32 Å². The first-order chi connectivity index (χ1) is 12.5. The number of hydrogen-bond acceptors (Lipinski definition) is 3. The maximum Gasteiger partial charge on any atom is 0.304 e. The molecular weight excluding hydrogens is 346 g/mol. The lowest BCUT2D eigenvalue weighted by molar-refractivity contribution is -0.136. The third-order valence-electron chi connectivity index (χ3n) is 4.67. The minimum atomic E-state index is -0.774. The number of carbonyl (C=O) groups is 2. The van der Waals surface area contributed by atoms with Crippen LogP contribution in [0.15, 0.2) is 48.5 Å². The molecule has 1 fully saturated rings. The van der Waals surface area contributed by atoms with E-state index in [0.717, 1.165) is 35.4 Å². The zero-order valence-electron chi connectivity index (χ0n) is 14.8. The summed E-state index contributed by atoms with van der Waals surface area (Å²) >= 11 is 1.59. The maximum absolute atomic E-state index is 12.9. The van der Waals surface area contributed by atoms with Gasteiger partial charge in [-0.05, 0) is 43.0 Å². The van der Waals surface area contributed by atoms with Crippen molar-refractivity contribution in [3.8, 4) is 0 Å². The predicted octanol–water partition coefficient (Wildman–Crippen LogP) is 4.37. The lowest BCUT2D eigenvalue weighted by Gasteiger charge is -2.17. The number of carbonyl (C=O) groups excluding carboxylic acids is 1. The van der Waals surface area contributed by atoms with E-state index in [1.54, 1.807) is 11.8 Å². The van der Waals surface area contributed by atoms with Crippen molar-refractivity contribution in [3.05, 3.63) is 65.2 Å². The van der Waals surface area contributed by atoms with Crippen molar-refractivity contribution in [2.24, 2.45) is 0 Å². The molecule has 0 aromatic heterocycles. The number of amides is 1. The molecule has 136 valence electrons. The number of benzene rings is 2. The Labute approximate surface area is 158 Å². The fraction of sp³-hybridized carbons (Fsp3) is 0.333. The molecule has 1 amide bonds. The largest absolute Gasteiger partial charge is 0.481 e. The number of anilines is 1. The second-order valence-corrected chi connectivity index (χ2v) is 7.91. The van der Waals surface area contributed by atoms with Crippen LogP contribution in [0.3, 0.4) is 0 Å². The molecule has 1 saturated carbocycles. The quantitative estimate of drug-likeness (QED) is 0.678. The first kappa shape index (κ1) is 18.5. The van der Waals surface area contributed by atoms with E-state index < -0.39 is 11.4 Å². The van der Waals surface area contributed by atoms with Crippen LogP contribution >= 0.6 is 11.8 Å². The monoisotopic (exact) mass is 369 g/mol. The van der Waals surface area contributed by atoms with Gasteiger partial charge >= 0.3 is 5.97 Å². The van der Waals surface area contributed by atoms with E-state index >= 15 is 0 Å². The molecule has 26 heavy (non-hydrogen) atoms. The Bertz CT molecular complexity index is 814. The highest BCUT2D eigenvalue weighted by Crippen LogP contribution is 2.49. The second kappa shape index (κ2) is 7.96. The third-order valence-corrected chi connectivity index (χ3v) is 5.70. The van der Waals surface area contributed by atoms with E-state index in [-0.39, 0.29) is 12.3 Å². The zero-order chi connectivity index (χ0) is 18.6. The van der Waals surface area contributed by atoms with Crippen LogP contribution in [-0.4, -0.2) is 22.7 Å². The molecule has 0 unspecified atom stereocenters. The molecule has 0 heterocycles. The number of aryl methyl sites for hydroxylation is 1. The van der Waals surface area contributed by atoms with Gasteiger partial charge in [-0.15, -0.1) is 0 Å². The van der Waals surface area contributed by atoms with E-state index in [1.807, 2.05) is 49.4 Å². The Morgan fingerprint density at radius 2 is 1.92 bits per heavy atom. The Morgan fingerprint density at radius 3 is 2.62 bits per heavy atom. The summed E-state index contributed by atoms with van der Waals surface area (Å²) < 4.78 is 0. The lowest BCUT2D eigenvalue weighted by atomic mass is 9.93. The standard InChI is InChI=1S/C21H23NO3S/c1-15-4-2-6-17(12-15)21(9-10-21)20(25)22-18-7-3-5-16(13-18)14-26-11-8-19(23)24/h2-7,12-13H,8-11,14H2,1H3,(H,22,25)(H,23,24). The first-order valence-electron chi connectivity index (χ1n) is 8.77. The van der Waals surface area contributed by atoms with Gasteiger partial charge in [-0.2, -0.15) is 11.8 Å². The predicted molar refractivity (Wildman–Crippen MR) is 106 cm³/mol. The van der Waals surface area contributed by atoms with E-state index in [9.17, 15) is 9.59 Å². The summed E-state index contributed by atoms with van der Waals surface area (Å²) in [6, 6.07) is 16.0. The molecule has 0 saturated heterocycles. The molecule has 2 aromatic rings. The van der Waals surface area contributed by atoms with Gasteiger partial charge in [0.15, 0.2) is 0 Å². The average Bonchev–Trinajstić information content (AvgIpc) is 3.41. The number of aliphatic carboxylic acids is 1. The van der Waals surface area contributed by atoms with Gasteiger partial charge in [-0.3, -0.25) is 9.59 Å². The molecule has 0 bridgehead atoms. The highest BCUT2D eigenvalue weighted by molar-refractivity contribution is 7.98. The molecule has 0 spiro atoms. The number of hydrogen-bond donors (Lipinski definition) is 2. The van der Waals surface area contributed by atoms with Gasteiger partial charge in [0.2, 0.25) is 5.91 Å². The van der Waals surface area contributed by atoms with Crippen molar-refractivity contribution < 1.29 is 14.7 Å². The number of carboxylic acid groups (broad SMARTS) is 1. The molecule has 1 aliphatic carbocycles. The molecule has 2 N–H and O–H groups in total. The minimum absolute atomic E-state index is 0.0544. The number of thioether (sulfide) groups is 1. The average molecular weight is 369 g/mol. The molecule has 2 aromatic carbocycles. The SMILES string of the molecule is Cc1cccc(C2(C(=O)Nc3cccc(CSCCC(=O)O)c3)CC2)c1. The molecule has 5 heteroatoms. The lowest BCUT2D eigenvalue weighted by Crippen LogP contribution is -2.27. The van der Waals surface area contributed by atoms with Crippen LogP contribution in [0.25, 0.3) is 0 Å². The van der Waals surface area contributed by atoms with Crippen LogP contribution in [0.2, 0.25) is 0 Å². The van der Waals surface area contributed by atoms with E-state index in [2.05, 4.69) is 11.4 Å². The van der Waals surface area contributed by atoms with Crippen LogP contribution in [-0.2, 0) is 20.8 Å². The van der Waals surface area contributed by atoms with Gasteiger partial charge in [0, 0.05) is 17.2 Å². The van der Waals surface area contributed by atoms with Gasteiger partial charge in [0.1, 0.15) is 0 Å². The molecule has 4 nitrogen and oxygen atoms in total. The van der Waals surface area contributed by atoms with Crippen molar-refractivity contribution >= 4 is 29.3 Å². The fourth-order valence-electron chi connectivity index (χ4n) is 3.05. The zero-order valence-corrected chi connectivity index (χ0v) is 15.6.